The Morgan fingerprint density at radius 3 is 2.12 bits per heavy atom. The summed E-state index contributed by atoms with van der Waals surface area (Å²) in [5, 5.41) is 6.72. The number of rotatable bonds is 8. The average molecular weight is 446 g/mol. The van der Waals surface area contributed by atoms with E-state index >= 15 is 0 Å². The van der Waals surface area contributed by atoms with Crippen LogP contribution in [0, 0.1) is 20.8 Å². The normalized spacial score (nSPS) is 10.9. The highest BCUT2D eigenvalue weighted by molar-refractivity contribution is 6.02. The molecule has 5 nitrogen and oxygen atoms in total. The standard InChI is InChI=1S/C28H35N3O2/c1-8-15-29-23-12-9-21(10-13-23)25-18(4)19(5)26(27(20(25)6)28(32)33-7)22-11-14-24(30-16-22)31-17(2)3/h9-14,16-17,29H,8,15H2,1-7H3,(H,30,31). The first kappa shape index (κ1) is 24.3. The van der Waals surface area contributed by atoms with E-state index in [-0.39, 0.29) is 5.97 Å². The maximum atomic E-state index is 13.0. The molecule has 0 aliphatic rings. The van der Waals surface area contributed by atoms with Crippen LogP contribution in [-0.4, -0.2) is 30.6 Å². The van der Waals surface area contributed by atoms with E-state index in [0.29, 0.717) is 11.6 Å². The predicted molar refractivity (Wildman–Crippen MR) is 138 cm³/mol. The maximum absolute atomic E-state index is 13.0. The number of hydrogen-bond donors (Lipinski definition) is 2. The minimum Gasteiger partial charge on any atom is -0.465 e. The van der Waals surface area contributed by atoms with Crippen LogP contribution in [0.3, 0.4) is 0 Å². The monoisotopic (exact) mass is 445 g/mol. The lowest BCUT2D eigenvalue weighted by atomic mass is 9.83. The number of benzene rings is 2. The zero-order chi connectivity index (χ0) is 24.1. The molecule has 0 saturated carbocycles. The van der Waals surface area contributed by atoms with Crippen LogP contribution in [0.15, 0.2) is 42.6 Å². The molecule has 0 aliphatic carbocycles. The van der Waals surface area contributed by atoms with Gasteiger partial charge in [-0.3, -0.25) is 0 Å². The first-order valence-electron chi connectivity index (χ1n) is 11.6. The number of esters is 1. The second-order valence-electron chi connectivity index (χ2n) is 8.73. The van der Waals surface area contributed by atoms with Crippen LogP contribution in [0.1, 0.15) is 54.2 Å². The van der Waals surface area contributed by atoms with Crippen molar-refractivity contribution in [1.29, 1.82) is 0 Å². The highest BCUT2D eigenvalue weighted by Crippen LogP contribution is 2.40. The van der Waals surface area contributed by atoms with E-state index in [1.54, 1.807) is 0 Å². The summed E-state index contributed by atoms with van der Waals surface area (Å²) in [5.41, 5.74) is 8.74. The summed E-state index contributed by atoms with van der Waals surface area (Å²) in [5.74, 6) is 0.477. The molecule has 2 N–H and O–H groups in total. The molecule has 0 aliphatic heterocycles. The third-order valence-electron chi connectivity index (χ3n) is 5.94. The molecular formula is C28H35N3O2. The summed E-state index contributed by atoms with van der Waals surface area (Å²) in [6.45, 7) is 13.4. The first-order chi connectivity index (χ1) is 15.8. The summed E-state index contributed by atoms with van der Waals surface area (Å²) in [7, 11) is 1.43. The highest BCUT2D eigenvalue weighted by Gasteiger charge is 2.24. The Kier molecular flexibility index (Phi) is 7.75. The maximum Gasteiger partial charge on any atom is 0.338 e. The highest BCUT2D eigenvalue weighted by atomic mass is 16.5. The summed E-state index contributed by atoms with van der Waals surface area (Å²) >= 11 is 0. The smallest absolute Gasteiger partial charge is 0.338 e. The van der Waals surface area contributed by atoms with E-state index in [4.69, 9.17) is 4.74 Å². The van der Waals surface area contributed by atoms with Crippen molar-refractivity contribution in [2.24, 2.45) is 0 Å². The molecule has 0 radical (unpaired) electrons. The summed E-state index contributed by atoms with van der Waals surface area (Å²) in [6.07, 6.45) is 2.90. The van der Waals surface area contributed by atoms with Gasteiger partial charge in [0.15, 0.2) is 0 Å². The molecule has 0 amide bonds. The molecule has 3 rings (SSSR count). The fourth-order valence-electron chi connectivity index (χ4n) is 4.25. The minimum absolute atomic E-state index is 0.294. The first-order valence-corrected chi connectivity index (χ1v) is 11.6. The molecular weight excluding hydrogens is 410 g/mol. The lowest BCUT2D eigenvalue weighted by molar-refractivity contribution is 0.0601. The number of anilines is 2. The van der Waals surface area contributed by atoms with Crippen molar-refractivity contribution in [3.63, 3.8) is 0 Å². The Balaban J connectivity index is 2.16. The molecule has 1 aromatic heterocycles. The summed E-state index contributed by atoms with van der Waals surface area (Å²) < 4.78 is 5.22. The van der Waals surface area contributed by atoms with Crippen LogP contribution >= 0.6 is 0 Å². The number of nitrogens with one attached hydrogen (secondary N) is 2. The van der Waals surface area contributed by atoms with E-state index in [9.17, 15) is 4.79 Å². The predicted octanol–water partition coefficient (Wildman–Crippen LogP) is 6.77. The Labute approximate surface area is 197 Å². The number of nitrogens with zero attached hydrogens (tertiary/aromatic N) is 1. The van der Waals surface area contributed by atoms with E-state index in [1.807, 2.05) is 25.3 Å². The fourth-order valence-corrected chi connectivity index (χ4v) is 4.25. The van der Waals surface area contributed by atoms with Gasteiger partial charge in [-0.25, -0.2) is 9.78 Å². The molecule has 0 unspecified atom stereocenters. The zero-order valence-electron chi connectivity index (χ0n) is 20.8. The third kappa shape index (κ3) is 5.19. The Morgan fingerprint density at radius 1 is 0.939 bits per heavy atom. The summed E-state index contributed by atoms with van der Waals surface area (Å²) in [4.78, 5) is 17.6. The van der Waals surface area contributed by atoms with Crippen molar-refractivity contribution in [3.8, 4) is 22.3 Å². The van der Waals surface area contributed by atoms with Crippen molar-refractivity contribution in [2.45, 2.75) is 54.0 Å². The second kappa shape index (κ2) is 10.5. The van der Waals surface area contributed by atoms with Crippen molar-refractivity contribution >= 4 is 17.5 Å². The van der Waals surface area contributed by atoms with Gasteiger partial charge in [0, 0.05) is 35.6 Å². The van der Waals surface area contributed by atoms with E-state index < -0.39 is 0 Å². The second-order valence-corrected chi connectivity index (χ2v) is 8.73. The van der Waals surface area contributed by atoms with Crippen LogP contribution in [0.2, 0.25) is 0 Å². The third-order valence-corrected chi connectivity index (χ3v) is 5.94. The number of carbonyl (C=O) groups is 1. The lowest BCUT2D eigenvalue weighted by Gasteiger charge is -2.22. The van der Waals surface area contributed by atoms with Crippen LogP contribution in [-0.2, 0) is 4.74 Å². The van der Waals surface area contributed by atoms with Gasteiger partial charge in [0.25, 0.3) is 0 Å². The largest absolute Gasteiger partial charge is 0.465 e. The quantitative estimate of drug-likeness (QED) is 0.375. The van der Waals surface area contributed by atoms with Crippen molar-refractivity contribution in [2.75, 3.05) is 24.3 Å². The molecule has 0 saturated heterocycles. The number of hydrogen-bond acceptors (Lipinski definition) is 5. The number of aromatic nitrogens is 1. The molecule has 5 heteroatoms. The molecule has 2 aromatic carbocycles. The zero-order valence-corrected chi connectivity index (χ0v) is 20.8. The van der Waals surface area contributed by atoms with Gasteiger partial charge in [-0.1, -0.05) is 19.1 Å². The number of pyridine rings is 1. The molecule has 3 aromatic rings. The molecule has 1 heterocycles. The van der Waals surface area contributed by atoms with Crippen molar-refractivity contribution < 1.29 is 9.53 Å². The van der Waals surface area contributed by atoms with Gasteiger partial charge in [0.05, 0.1) is 12.7 Å². The van der Waals surface area contributed by atoms with Crippen LogP contribution in [0.25, 0.3) is 22.3 Å². The van der Waals surface area contributed by atoms with E-state index in [0.717, 1.165) is 63.4 Å². The van der Waals surface area contributed by atoms with E-state index in [1.165, 1.54) is 7.11 Å². The van der Waals surface area contributed by atoms with E-state index in [2.05, 4.69) is 74.5 Å². The Hall–Kier alpha value is -3.34. The number of carbonyl (C=O) groups excluding carboxylic acids is 1. The van der Waals surface area contributed by atoms with Gasteiger partial charge in [0.1, 0.15) is 5.82 Å². The Morgan fingerprint density at radius 2 is 1.58 bits per heavy atom. The molecule has 0 bridgehead atoms. The van der Waals surface area contributed by atoms with Gasteiger partial charge >= 0.3 is 5.97 Å². The SMILES string of the molecule is CCCNc1ccc(-c2c(C)c(C)c(-c3ccc(NC(C)C)nc3)c(C(=O)OC)c2C)cc1. The fraction of sp³-hybridized carbons (Fsp3) is 0.357. The average Bonchev–Trinajstić information content (AvgIpc) is 2.80. The van der Waals surface area contributed by atoms with Crippen LogP contribution < -0.4 is 10.6 Å². The van der Waals surface area contributed by atoms with Crippen LogP contribution in [0.5, 0.6) is 0 Å². The van der Waals surface area contributed by atoms with Crippen molar-refractivity contribution in [3.05, 3.63) is 64.8 Å². The number of methoxy groups -OCH3 is 1. The van der Waals surface area contributed by atoms with Crippen LogP contribution in [0.4, 0.5) is 11.5 Å². The van der Waals surface area contributed by atoms with Gasteiger partial charge in [-0.15, -0.1) is 0 Å². The minimum atomic E-state index is -0.336. The van der Waals surface area contributed by atoms with Crippen molar-refractivity contribution in [1.82, 2.24) is 4.98 Å². The molecule has 33 heavy (non-hydrogen) atoms. The van der Waals surface area contributed by atoms with Gasteiger partial charge in [0.2, 0.25) is 0 Å². The molecule has 0 atom stereocenters. The molecule has 0 spiro atoms. The summed E-state index contributed by atoms with van der Waals surface area (Å²) in [6, 6.07) is 12.7. The number of ether oxygens (including phenoxy) is 1. The molecule has 174 valence electrons. The lowest BCUT2D eigenvalue weighted by Crippen LogP contribution is -2.12. The molecule has 0 fully saturated rings. The van der Waals surface area contributed by atoms with Gasteiger partial charge in [-0.2, -0.15) is 0 Å². The van der Waals surface area contributed by atoms with Gasteiger partial charge < -0.3 is 15.4 Å². The van der Waals surface area contributed by atoms with Gasteiger partial charge in [-0.05, 0) is 93.1 Å². The topological polar surface area (TPSA) is 63.2 Å². The Bertz CT molecular complexity index is 1120.